The van der Waals surface area contributed by atoms with Crippen LogP contribution >= 0.6 is 23.4 Å². The van der Waals surface area contributed by atoms with Gasteiger partial charge in [-0.2, -0.15) is 11.8 Å². The van der Waals surface area contributed by atoms with Crippen molar-refractivity contribution in [2.24, 2.45) is 0 Å². The Bertz CT molecular complexity index is 498. The number of halogens is 1. The minimum Gasteiger partial charge on any atom is -0.370 e. The summed E-state index contributed by atoms with van der Waals surface area (Å²) < 4.78 is 0. The Balaban J connectivity index is 2.07. The van der Waals surface area contributed by atoms with Gasteiger partial charge < -0.3 is 10.6 Å². The Kier molecular flexibility index (Phi) is 6.18. The van der Waals surface area contributed by atoms with Crippen LogP contribution in [0.5, 0.6) is 0 Å². The molecule has 0 aliphatic heterocycles. The quantitative estimate of drug-likeness (QED) is 0.838. The third-order valence-electron chi connectivity index (χ3n) is 3.61. The highest BCUT2D eigenvalue weighted by Gasteiger charge is 2.29. The zero-order chi connectivity index (χ0) is 15.2. The molecule has 0 bridgehead atoms. The van der Waals surface area contributed by atoms with Crippen LogP contribution in [0.3, 0.4) is 0 Å². The summed E-state index contributed by atoms with van der Waals surface area (Å²) in [5.41, 5.74) is 0.495. The van der Waals surface area contributed by atoms with Crippen LogP contribution in [0.15, 0.2) is 12.3 Å². The molecule has 1 heterocycles. The van der Waals surface area contributed by atoms with E-state index in [-0.39, 0.29) is 11.9 Å². The summed E-state index contributed by atoms with van der Waals surface area (Å²) in [5, 5.41) is 7.16. The highest BCUT2D eigenvalue weighted by molar-refractivity contribution is 7.99. The number of carbonyl (C=O) groups is 1. The van der Waals surface area contributed by atoms with Crippen molar-refractivity contribution in [1.82, 2.24) is 10.3 Å². The first-order valence-corrected chi connectivity index (χ1v) is 8.90. The lowest BCUT2D eigenvalue weighted by atomic mass is 10.2. The van der Waals surface area contributed by atoms with E-state index in [1.54, 1.807) is 6.07 Å². The number of nitrogens with one attached hydrogen (secondary N) is 2. The lowest BCUT2D eigenvalue weighted by Crippen LogP contribution is -2.39. The van der Waals surface area contributed by atoms with E-state index in [0.29, 0.717) is 21.7 Å². The van der Waals surface area contributed by atoms with Crippen molar-refractivity contribution in [3.63, 3.8) is 0 Å². The molecule has 21 heavy (non-hydrogen) atoms. The molecule has 0 radical (unpaired) electrons. The fourth-order valence-corrected chi connectivity index (χ4v) is 4.03. The highest BCUT2D eigenvalue weighted by atomic mass is 35.5. The molecule has 2 rings (SSSR count). The van der Waals surface area contributed by atoms with E-state index in [4.69, 9.17) is 11.6 Å². The second kappa shape index (κ2) is 7.90. The maximum Gasteiger partial charge on any atom is 0.253 e. The second-order valence-corrected chi connectivity index (χ2v) is 7.01. The Labute approximate surface area is 135 Å². The number of pyridine rings is 1. The highest BCUT2D eigenvalue weighted by Crippen LogP contribution is 2.30. The van der Waals surface area contributed by atoms with Crippen LogP contribution in [0.2, 0.25) is 5.02 Å². The van der Waals surface area contributed by atoms with Crippen LogP contribution < -0.4 is 10.6 Å². The topological polar surface area (TPSA) is 54.0 Å². The molecule has 2 unspecified atom stereocenters. The van der Waals surface area contributed by atoms with Gasteiger partial charge in [0.2, 0.25) is 0 Å². The summed E-state index contributed by atoms with van der Waals surface area (Å²) in [6.45, 7) is 4.90. The number of anilines is 1. The number of nitrogens with zero attached hydrogens (tertiary/aromatic N) is 1. The van der Waals surface area contributed by atoms with Gasteiger partial charge in [-0.3, -0.25) is 4.79 Å². The van der Waals surface area contributed by atoms with E-state index in [2.05, 4.69) is 22.5 Å². The monoisotopic (exact) mass is 327 g/mol. The molecule has 0 aromatic carbocycles. The predicted molar refractivity (Wildman–Crippen MR) is 90.4 cm³/mol. The van der Waals surface area contributed by atoms with E-state index in [1.165, 1.54) is 19.0 Å². The average Bonchev–Trinajstić information content (AvgIpc) is 2.89. The predicted octanol–water partition coefficient (Wildman–Crippen LogP) is 3.57. The zero-order valence-corrected chi connectivity index (χ0v) is 14.1. The van der Waals surface area contributed by atoms with Gasteiger partial charge in [0.1, 0.15) is 5.82 Å². The molecule has 0 spiro atoms. The number of aromatic nitrogens is 1. The van der Waals surface area contributed by atoms with Gasteiger partial charge in [0, 0.05) is 24.0 Å². The summed E-state index contributed by atoms with van der Waals surface area (Å²) in [5.74, 6) is 1.66. The Morgan fingerprint density at radius 3 is 3.00 bits per heavy atom. The van der Waals surface area contributed by atoms with Crippen LogP contribution in [0, 0.1) is 0 Å². The molecule has 2 N–H and O–H groups in total. The number of hydrogen-bond donors (Lipinski definition) is 2. The molecule has 6 heteroatoms. The van der Waals surface area contributed by atoms with Crippen molar-refractivity contribution in [2.75, 3.05) is 17.6 Å². The van der Waals surface area contributed by atoms with Gasteiger partial charge in [-0.25, -0.2) is 4.98 Å². The molecular weight excluding hydrogens is 306 g/mol. The molecular formula is C15H22ClN3OS. The molecule has 1 aromatic rings. The Hall–Kier alpha value is -0.940. The molecule has 116 valence electrons. The summed E-state index contributed by atoms with van der Waals surface area (Å²) in [6.07, 6.45) is 4.93. The van der Waals surface area contributed by atoms with Crippen molar-refractivity contribution < 1.29 is 4.79 Å². The van der Waals surface area contributed by atoms with Crippen LogP contribution in [-0.4, -0.2) is 34.5 Å². The number of thioether (sulfide) groups is 1. The largest absolute Gasteiger partial charge is 0.370 e. The Morgan fingerprint density at radius 1 is 1.48 bits per heavy atom. The van der Waals surface area contributed by atoms with Crippen molar-refractivity contribution >= 4 is 35.1 Å². The average molecular weight is 328 g/mol. The molecule has 1 aliphatic carbocycles. The summed E-state index contributed by atoms with van der Waals surface area (Å²) >= 11 is 8.05. The number of amides is 1. The van der Waals surface area contributed by atoms with Gasteiger partial charge >= 0.3 is 0 Å². The van der Waals surface area contributed by atoms with Crippen LogP contribution in [0.25, 0.3) is 0 Å². The summed E-state index contributed by atoms with van der Waals surface area (Å²) in [4.78, 5) is 16.6. The maximum absolute atomic E-state index is 12.5. The first kappa shape index (κ1) is 16.4. The van der Waals surface area contributed by atoms with Crippen molar-refractivity contribution in [2.45, 2.75) is 44.4 Å². The summed E-state index contributed by atoms with van der Waals surface area (Å²) in [7, 11) is 0. The smallest absolute Gasteiger partial charge is 0.253 e. The minimum absolute atomic E-state index is 0.102. The third kappa shape index (κ3) is 4.27. The SMILES string of the molecule is CCNc1cc(C(=O)NC2CCCC2SCC)c(Cl)cn1. The zero-order valence-electron chi connectivity index (χ0n) is 12.5. The lowest BCUT2D eigenvalue weighted by molar-refractivity contribution is 0.0939. The fraction of sp³-hybridized carbons (Fsp3) is 0.600. The van der Waals surface area contributed by atoms with Gasteiger partial charge in [0.15, 0.2) is 0 Å². The lowest BCUT2D eigenvalue weighted by Gasteiger charge is -2.20. The molecule has 1 fully saturated rings. The number of carbonyl (C=O) groups excluding carboxylic acids is 1. The van der Waals surface area contributed by atoms with Gasteiger partial charge in [-0.15, -0.1) is 0 Å². The first-order chi connectivity index (χ1) is 10.2. The van der Waals surface area contributed by atoms with Crippen molar-refractivity contribution in [3.05, 3.63) is 22.8 Å². The van der Waals surface area contributed by atoms with E-state index in [0.717, 1.165) is 18.7 Å². The van der Waals surface area contributed by atoms with Crippen LogP contribution in [0.4, 0.5) is 5.82 Å². The molecule has 1 aliphatic rings. The van der Waals surface area contributed by atoms with Crippen LogP contribution in [-0.2, 0) is 0 Å². The maximum atomic E-state index is 12.5. The van der Waals surface area contributed by atoms with Crippen molar-refractivity contribution in [3.8, 4) is 0 Å². The second-order valence-electron chi connectivity index (χ2n) is 5.08. The first-order valence-electron chi connectivity index (χ1n) is 7.47. The van der Waals surface area contributed by atoms with E-state index in [1.807, 2.05) is 18.7 Å². The Morgan fingerprint density at radius 2 is 2.29 bits per heavy atom. The molecule has 1 amide bonds. The van der Waals surface area contributed by atoms with E-state index < -0.39 is 0 Å². The van der Waals surface area contributed by atoms with Crippen LogP contribution in [0.1, 0.15) is 43.5 Å². The van der Waals surface area contributed by atoms with Gasteiger partial charge in [0.25, 0.3) is 5.91 Å². The van der Waals surface area contributed by atoms with Crippen molar-refractivity contribution in [1.29, 1.82) is 0 Å². The van der Waals surface area contributed by atoms with E-state index >= 15 is 0 Å². The van der Waals surface area contributed by atoms with Gasteiger partial charge in [-0.1, -0.05) is 24.9 Å². The third-order valence-corrected chi connectivity index (χ3v) is 5.23. The normalized spacial score (nSPS) is 21.3. The number of hydrogen-bond acceptors (Lipinski definition) is 4. The fourth-order valence-electron chi connectivity index (χ4n) is 2.64. The molecule has 0 saturated heterocycles. The summed E-state index contributed by atoms with van der Waals surface area (Å²) in [6, 6.07) is 1.97. The molecule has 1 saturated carbocycles. The molecule has 2 atom stereocenters. The minimum atomic E-state index is -0.102. The molecule has 1 aromatic heterocycles. The number of rotatable bonds is 6. The molecule has 4 nitrogen and oxygen atoms in total. The standard InChI is InChI=1S/C15H22ClN3OS/c1-3-17-14-8-10(11(16)9-18-14)15(20)19-12-6-5-7-13(12)21-4-2/h8-9,12-13H,3-7H2,1-2H3,(H,17,18)(H,19,20). The van der Waals surface area contributed by atoms with Gasteiger partial charge in [0.05, 0.1) is 10.6 Å². The van der Waals surface area contributed by atoms with Gasteiger partial charge in [-0.05, 0) is 31.6 Å². The van der Waals surface area contributed by atoms with E-state index in [9.17, 15) is 4.79 Å².